The van der Waals surface area contributed by atoms with Crippen LogP contribution in [0, 0.1) is 0 Å². The fourth-order valence-electron chi connectivity index (χ4n) is 1.92. The van der Waals surface area contributed by atoms with E-state index in [1.807, 2.05) is 0 Å². The highest BCUT2D eigenvalue weighted by Gasteiger charge is 2.05. The summed E-state index contributed by atoms with van der Waals surface area (Å²) in [7, 11) is 0. The van der Waals surface area contributed by atoms with Gasteiger partial charge in [-0.05, 0) is 50.5 Å². The Kier molecular flexibility index (Phi) is 4.01. The first kappa shape index (κ1) is 12.9. The van der Waals surface area contributed by atoms with Crippen molar-refractivity contribution in [3.05, 3.63) is 62.6 Å². The summed E-state index contributed by atoms with van der Waals surface area (Å²) < 4.78 is 1.18. The third-order valence-electron chi connectivity index (χ3n) is 2.82. The van der Waals surface area contributed by atoms with E-state index in [0.29, 0.717) is 0 Å². The molecule has 3 aromatic rings. The number of nitrogens with one attached hydrogen (secondary N) is 1. The Bertz CT molecular complexity index is 658. The summed E-state index contributed by atoms with van der Waals surface area (Å²) in [6, 6.07) is 14.9. The van der Waals surface area contributed by atoms with Gasteiger partial charge in [-0.15, -0.1) is 22.7 Å². The molecule has 0 fully saturated rings. The number of rotatable bonds is 4. The highest BCUT2D eigenvalue weighted by atomic mass is 79.9. The Balaban J connectivity index is 1.81. The molecule has 0 spiro atoms. The number of thiophene rings is 2. The fourth-order valence-corrected chi connectivity index (χ4v) is 3.89. The van der Waals surface area contributed by atoms with Crippen LogP contribution in [0.3, 0.4) is 0 Å². The van der Waals surface area contributed by atoms with Crippen molar-refractivity contribution in [2.45, 2.75) is 6.54 Å². The number of hydrogen-bond acceptors (Lipinski definition) is 3. The maximum absolute atomic E-state index is 3.52. The van der Waals surface area contributed by atoms with Gasteiger partial charge < -0.3 is 5.32 Å². The Morgan fingerprint density at radius 3 is 2.68 bits per heavy atom. The maximum Gasteiger partial charge on any atom is 0.0701 e. The molecule has 0 amide bonds. The molecule has 0 saturated heterocycles. The topological polar surface area (TPSA) is 12.0 Å². The van der Waals surface area contributed by atoms with E-state index in [-0.39, 0.29) is 0 Å². The standard InChI is InChI=1S/C15H12BrNS2/c16-15-8-11(10-19-15)9-17-13-5-2-1-4-12(13)14-6-3-7-18-14/h1-8,10,17H,9H2. The van der Waals surface area contributed by atoms with Crippen molar-refractivity contribution in [2.75, 3.05) is 5.32 Å². The smallest absolute Gasteiger partial charge is 0.0701 e. The highest BCUT2D eigenvalue weighted by Crippen LogP contribution is 2.31. The van der Waals surface area contributed by atoms with E-state index in [2.05, 4.69) is 74.5 Å². The van der Waals surface area contributed by atoms with Gasteiger partial charge in [-0.3, -0.25) is 0 Å². The van der Waals surface area contributed by atoms with Crippen LogP contribution in [0.5, 0.6) is 0 Å². The predicted octanol–water partition coefficient (Wildman–Crippen LogP) is 5.85. The van der Waals surface area contributed by atoms with Crippen LogP contribution in [0.4, 0.5) is 5.69 Å². The molecule has 0 saturated carbocycles. The zero-order chi connectivity index (χ0) is 13.1. The first-order valence-corrected chi connectivity index (χ1v) is 8.48. The van der Waals surface area contributed by atoms with E-state index in [1.165, 1.54) is 25.5 Å². The van der Waals surface area contributed by atoms with Crippen LogP contribution >= 0.6 is 38.6 Å². The van der Waals surface area contributed by atoms with E-state index in [0.717, 1.165) is 6.54 Å². The van der Waals surface area contributed by atoms with Crippen LogP contribution in [0.1, 0.15) is 5.56 Å². The number of halogens is 1. The minimum atomic E-state index is 0.852. The molecule has 1 N–H and O–H groups in total. The summed E-state index contributed by atoms with van der Waals surface area (Å²) in [5.74, 6) is 0. The molecule has 0 bridgehead atoms. The Morgan fingerprint density at radius 1 is 1.05 bits per heavy atom. The van der Waals surface area contributed by atoms with E-state index >= 15 is 0 Å². The second-order valence-corrected chi connectivity index (χ2v) is 7.37. The number of hydrogen-bond donors (Lipinski definition) is 1. The normalized spacial score (nSPS) is 10.6. The van der Waals surface area contributed by atoms with Gasteiger partial charge >= 0.3 is 0 Å². The molecule has 0 atom stereocenters. The van der Waals surface area contributed by atoms with Crippen molar-refractivity contribution in [3.63, 3.8) is 0 Å². The van der Waals surface area contributed by atoms with Crippen molar-refractivity contribution < 1.29 is 0 Å². The molecule has 1 aromatic carbocycles. The summed E-state index contributed by atoms with van der Waals surface area (Å²) in [6.07, 6.45) is 0. The van der Waals surface area contributed by atoms with Crippen molar-refractivity contribution in [1.82, 2.24) is 0 Å². The molecule has 3 rings (SSSR count). The second-order valence-electron chi connectivity index (χ2n) is 4.14. The molecule has 2 heterocycles. The fraction of sp³-hybridized carbons (Fsp3) is 0.0667. The first-order valence-electron chi connectivity index (χ1n) is 5.92. The number of para-hydroxylation sites is 1. The molecule has 0 aliphatic carbocycles. The quantitative estimate of drug-likeness (QED) is 0.622. The Hall–Kier alpha value is -1.10. The largest absolute Gasteiger partial charge is 0.380 e. The minimum absolute atomic E-state index is 0.852. The molecular weight excluding hydrogens is 338 g/mol. The first-order chi connectivity index (χ1) is 9.33. The molecule has 4 heteroatoms. The Morgan fingerprint density at radius 2 is 1.95 bits per heavy atom. The molecule has 0 radical (unpaired) electrons. The van der Waals surface area contributed by atoms with Crippen LogP contribution in [-0.4, -0.2) is 0 Å². The highest BCUT2D eigenvalue weighted by molar-refractivity contribution is 9.11. The lowest BCUT2D eigenvalue weighted by atomic mass is 10.1. The average Bonchev–Trinajstić information content (AvgIpc) is 3.08. The molecule has 19 heavy (non-hydrogen) atoms. The van der Waals surface area contributed by atoms with Crippen molar-refractivity contribution in [3.8, 4) is 10.4 Å². The van der Waals surface area contributed by atoms with Crippen molar-refractivity contribution in [1.29, 1.82) is 0 Å². The summed E-state index contributed by atoms with van der Waals surface area (Å²) in [4.78, 5) is 1.30. The molecule has 0 aliphatic rings. The molecule has 0 unspecified atom stereocenters. The van der Waals surface area contributed by atoms with Gasteiger partial charge in [0.15, 0.2) is 0 Å². The summed E-state index contributed by atoms with van der Waals surface area (Å²) in [5, 5.41) is 7.81. The number of benzene rings is 1. The van der Waals surface area contributed by atoms with E-state index in [1.54, 1.807) is 22.7 Å². The molecule has 2 aromatic heterocycles. The lowest BCUT2D eigenvalue weighted by molar-refractivity contribution is 1.16. The summed E-state index contributed by atoms with van der Waals surface area (Å²) >= 11 is 6.99. The van der Waals surface area contributed by atoms with Crippen LogP contribution in [0.2, 0.25) is 0 Å². The Labute approximate surface area is 129 Å². The van der Waals surface area contributed by atoms with Gasteiger partial charge in [0.05, 0.1) is 3.79 Å². The van der Waals surface area contributed by atoms with Gasteiger partial charge in [0.25, 0.3) is 0 Å². The minimum Gasteiger partial charge on any atom is -0.380 e. The van der Waals surface area contributed by atoms with Gasteiger partial charge in [0.2, 0.25) is 0 Å². The monoisotopic (exact) mass is 349 g/mol. The lowest BCUT2D eigenvalue weighted by Crippen LogP contribution is -1.99. The van der Waals surface area contributed by atoms with Gasteiger partial charge in [0.1, 0.15) is 0 Å². The number of anilines is 1. The van der Waals surface area contributed by atoms with Crippen LogP contribution < -0.4 is 5.32 Å². The predicted molar refractivity (Wildman–Crippen MR) is 89.1 cm³/mol. The van der Waals surface area contributed by atoms with Crippen molar-refractivity contribution >= 4 is 44.3 Å². The van der Waals surface area contributed by atoms with Crippen LogP contribution in [0.15, 0.2) is 57.0 Å². The van der Waals surface area contributed by atoms with Gasteiger partial charge in [-0.25, -0.2) is 0 Å². The van der Waals surface area contributed by atoms with Gasteiger partial charge in [0, 0.05) is 22.7 Å². The molecular formula is C15H12BrNS2. The average molecular weight is 350 g/mol. The van der Waals surface area contributed by atoms with Crippen molar-refractivity contribution in [2.24, 2.45) is 0 Å². The third kappa shape index (κ3) is 3.08. The molecule has 0 aliphatic heterocycles. The molecule has 1 nitrogen and oxygen atoms in total. The van der Waals surface area contributed by atoms with Gasteiger partial charge in [-0.1, -0.05) is 24.3 Å². The second kappa shape index (κ2) is 5.90. The third-order valence-corrected chi connectivity index (χ3v) is 5.27. The van der Waals surface area contributed by atoms with E-state index < -0.39 is 0 Å². The SMILES string of the molecule is Brc1cc(CNc2ccccc2-c2cccs2)cs1. The maximum atomic E-state index is 3.52. The van der Waals surface area contributed by atoms with Gasteiger partial charge in [-0.2, -0.15) is 0 Å². The zero-order valence-electron chi connectivity index (χ0n) is 10.1. The van der Waals surface area contributed by atoms with E-state index in [9.17, 15) is 0 Å². The zero-order valence-corrected chi connectivity index (χ0v) is 13.3. The van der Waals surface area contributed by atoms with Crippen LogP contribution in [-0.2, 0) is 6.54 Å². The molecule has 96 valence electrons. The summed E-state index contributed by atoms with van der Waals surface area (Å²) in [5.41, 5.74) is 3.76. The summed E-state index contributed by atoms with van der Waals surface area (Å²) in [6.45, 7) is 0.852. The van der Waals surface area contributed by atoms with Crippen LogP contribution in [0.25, 0.3) is 10.4 Å². The lowest BCUT2D eigenvalue weighted by Gasteiger charge is -2.10. The van der Waals surface area contributed by atoms with E-state index in [4.69, 9.17) is 0 Å².